The molecule has 0 aromatic heterocycles. The van der Waals surface area contributed by atoms with Crippen LogP contribution in [0, 0.1) is 6.92 Å². The van der Waals surface area contributed by atoms with Crippen molar-refractivity contribution in [3.05, 3.63) is 23.8 Å². The lowest BCUT2D eigenvalue weighted by Gasteiger charge is -2.09. The van der Waals surface area contributed by atoms with E-state index in [1.165, 1.54) is 0 Å². The fourth-order valence-corrected chi connectivity index (χ4v) is 2.11. The molecule has 2 N–H and O–H groups in total. The van der Waals surface area contributed by atoms with Crippen molar-refractivity contribution in [2.45, 2.75) is 31.8 Å². The molecule has 3 heteroatoms. The summed E-state index contributed by atoms with van der Waals surface area (Å²) in [5.41, 5.74) is 8.00. The van der Waals surface area contributed by atoms with Crippen LogP contribution in [0.4, 0.5) is 5.69 Å². The Morgan fingerprint density at radius 2 is 2.13 bits per heavy atom. The van der Waals surface area contributed by atoms with E-state index in [0.29, 0.717) is 6.10 Å². The fourth-order valence-electron chi connectivity index (χ4n) is 1.22. The summed E-state index contributed by atoms with van der Waals surface area (Å²) in [6, 6.07) is 6.13. The lowest BCUT2D eigenvalue weighted by molar-refractivity contribution is 0.0920. The van der Waals surface area contributed by atoms with Gasteiger partial charge in [-0.2, -0.15) is 0 Å². The van der Waals surface area contributed by atoms with E-state index < -0.39 is 0 Å². The molecule has 0 aliphatic carbocycles. The van der Waals surface area contributed by atoms with E-state index in [9.17, 15) is 0 Å². The van der Waals surface area contributed by atoms with Gasteiger partial charge < -0.3 is 10.5 Å². The molecule has 0 aliphatic rings. The molecule has 0 aliphatic heterocycles. The second-order valence-electron chi connectivity index (χ2n) is 3.75. The largest absolute Gasteiger partial charge is 0.398 e. The highest BCUT2D eigenvalue weighted by atomic mass is 32.2. The smallest absolute Gasteiger partial charge is 0.0563 e. The van der Waals surface area contributed by atoms with E-state index in [0.717, 1.165) is 28.5 Å². The first-order valence-corrected chi connectivity index (χ1v) is 6.19. The molecule has 0 radical (unpaired) electrons. The van der Waals surface area contributed by atoms with Gasteiger partial charge in [-0.05, 0) is 32.4 Å². The molecule has 15 heavy (non-hydrogen) atoms. The topological polar surface area (TPSA) is 35.2 Å². The summed E-state index contributed by atoms with van der Waals surface area (Å²) < 4.78 is 5.47. The molecule has 0 heterocycles. The van der Waals surface area contributed by atoms with E-state index in [2.05, 4.69) is 6.07 Å². The molecule has 0 amide bonds. The number of thioether (sulfide) groups is 1. The summed E-state index contributed by atoms with van der Waals surface area (Å²) in [6.07, 6.45) is 0.306. The minimum Gasteiger partial charge on any atom is -0.398 e. The Balaban J connectivity index is 2.41. The maximum absolute atomic E-state index is 5.96. The summed E-state index contributed by atoms with van der Waals surface area (Å²) in [7, 11) is 0. The molecular formula is C12H19NOS. The highest BCUT2D eigenvalue weighted by Crippen LogP contribution is 2.27. The van der Waals surface area contributed by atoms with Crippen LogP contribution in [-0.2, 0) is 4.74 Å². The van der Waals surface area contributed by atoms with Gasteiger partial charge in [0.1, 0.15) is 0 Å². The van der Waals surface area contributed by atoms with Crippen LogP contribution in [0.2, 0.25) is 0 Å². The number of benzene rings is 1. The molecule has 0 atom stereocenters. The number of hydrogen-bond acceptors (Lipinski definition) is 3. The Labute approximate surface area is 96.2 Å². The summed E-state index contributed by atoms with van der Waals surface area (Å²) in [5.74, 6) is 0.950. The lowest BCUT2D eigenvalue weighted by atomic mass is 10.2. The maximum atomic E-state index is 5.96. The molecule has 2 nitrogen and oxygen atoms in total. The zero-order valence-electron chi connectivity index (χ0n) is 9.62. The number of rotatable bonds is 5. The summed E-state index contributed by atoms with van der Waals surface area (Å²) >= 11 is 1.75. The molecule has 0 bridgehead atoms. The predicted molar refractivity (Wildman–Crippen MR) is 67.4 cm³/mol. The van der Waals surface area contributed by atoms with Crippen LogP contribution in [0.15, 0.2) is 23.1 Å². The Morgan fingerprint density at radius 3 is 2.80 bits per heavy atom. The van der Waals surface area contributed by atoms with Gasteiger partial charge in [-0.25, -0.2) is 0 Å². The third kappa shape index (κ3) is 4.14. The van der Waals surface area contributed by atoms with Crippen LogP contribution in [0.25, 0.3) is 0 Å². The fraction of sp³-hybridized carbons (Fsp3) is 0.500. The molecule has 84 valence electrons. The number of anilines is 1. The Kier molecular flexibility index (Phi) is 4.99. The van der Waals surface area contributed by atoms with Crippen molar-refractivity contribution in [1.29, 1.82) is 0 Å². The Bertz CT molecular complexity index is 312. The van der Waals surface area contributed by atoms with E-state index in [4.69, 9.17) is 10.5 Å². The number of nitrogen functional groups attached to an aromatic ring is 1. The first-order valence-electron chi connectivity index (χ1n) is 5.20. The number of nitrogens with two attached hydrogens (primary N) is 1. The second kappa shape index (κ2) is 6.03. The molecule has 1 aromatic carbocycles. The average Bonchev–Trinajstić information content (AvgIpc) is 2.18. The Morgan fingerprint density at radius 1 is 1.40 bits per heavy atom. The number of para-hydroxylation sites is 1. The highest BCUT2D eigenvalue weighted by Gasteiger charge is 2.02. The van der Waals surface area contributed by atoms with E-state index in [1.807, 2.05) is 32.9 Å². The zero-order valence-corrected chi connectivity index (χ0v) is 10.4. The first kappa shape index (κ1) is 12.4. The van der Waals surface area contributed by atoms with Crippen LogP contribution in [0.5, 0.6) is 0 Å². The average molecular weight is 225 g/mol. The highest BCUT2D eigenvalue weighted by molar-refractivity contribution is 7.99. The molecule has 0 unspecified atom stereocenters. The van der Waals surface area contributed by atoms with Crippen LogP contribution >= 0.6 is 11.8 Å². The van der Waals surface area contributed by atoms with Crippen molar-refractivity contribution in [2.24, 2.45) is 0 Å². The minimum absolute atomic E-state index is 0.306. The van der Waals surface area contributed by atoms with Gasteiger partial charge in [0.15, 0.2) is 0 Å². The summed E-state index contributed by atoms with van der Waals surface area (Å²) in [4.78, 5) is 1.15. The van der Waals surface area contributed by atoms with Gasteiger partial charge in [-0.1, -0.05) is 12.1 Å². The maximum Gasteiger partial charge on any atom is 0.0563 e. The summed E-state index contributed by atoms with van der Waals surface area (Å²) in [6.45, 7) is 6.90. The monoisotopic (exact) mass is 225 g/mol. The van der Waals surface area contributed by atoms with E-state index in [1.54, 1.807) is 11.8 Å². The van der Waals surface area contributed by atoms with Crippen molar-refractivity contribution < 1.29 is 4.74 Å². The minimum atomic E-state index is 0.306. The van der Waals surface area contributed by atoms with Gasteiger partial charge in [0.25, 0.3) is 0 Å². The molecule has 0 saturated heterocycles. The molecular weight excluding hydrogens is 206 g/mol. The lowest BCUT2D eigenvalue weighted by Crippen LogP contribution is -2.05. The second-order valence-corrected chi connectivity index (χ2v) is 4.89. The van der Waals surface area contributed by atoms with Crippen molar-refractivity contribution in [1.82, 2.24) is 0 Å². The summed E-state index contributed by atoms with van der Waals surface area (Å²) in [5, 5.41) is 0. The quantitative estimate of drug-likeness (QED) is 0.475. The van der Waals surface area contributed by atoms with Crippen molar-refractivity contribution in [3.63, 3.8) is 0 Å². The molecule has 1 aromatic rings. The third-order valence-corrected chi connectivity index (χ3v) is 3.11. The van der Waals surface area contributed by atoms with Gasteiger partial charge in [0.2, 0.25) is 0 Å². The molecule has 0 spiro atoms. The standard InChI is InChI=1S/C12H19NOS/c1-9(2)14-7-8-15-11-6-4-5-10(3)12(11)13/h4-6,9H,7-8,13H2,1-3H3. The molecule has 1 rings (SSSR count). The van der Waals surface area contributed by atoms with Crippen LogP contribution in [0.3, 0.4) is 0 Å². The van der Waals surface area contributed by atoms with Crippen molar-refractivity contribution in [2.75, 3.05) is 18.1 Å². The van der Waals surface area contributed by atoms with Gasteiger partial charge in [0.05, 0.1) is 12.7 Å². The van der Waals surface area contributed by atoms with Crippen molar-refractivity contribution >= 4 is 17.4 Å². The van der Waals surface area contributed by atoms with Crippen LogP contribution in [0.1, 0.15) is 19.4 Å². The molecule has 0 saturated carbocycles. The van der Waals surface area contributed by atoms with Crippen LogP contribution < -0.4 is 5.73 Å². The van der Waals surface area contributed by atoms with Gasteiger partial charge in [-0.3, -0.25) is 0 Å². The SMILES string of the molecule is Cc1cccc(SCCOC(C)C)c1N. The van der Waals surface area contributed by atoms with Crippen molar-refractivity contribution in [3.8, 4) is 0 Å². The third-order valence-electron chi connectivity index (χ3n) is 2.08. The molecule has 0 fully saturated rings. The van der Waals surface area contributed by atoms with E-state index >= 15 is 0 Å². The number of ether oxygens (including phenoxy) is 1. The van der Waals surface area contributed by atoms with Gasteiger partial charge >= 0.3 is 0 Å². The normalized spacial score (nSPS) is 10.9. The van der Waals surface area contributed by atoms with Gasteiger partial charge in [0, 0.05) is 16.3 Å². The van der Waals surface area contributed by atoms with Crippen LogP contribution in [-0.4, -0.2) is 18.5 Å². The Hall–Kier alpha value is -0.670. The predicted octanol–water partition coefficient (Wildman–Crippen LogP) is 3.09. The van der Waals surface area contributed by atoms with Gasteiger partial charge in [-0.15, -0.1) is 11.8 Å². The number of hydrogen-bond donors (Lipinski definition) is 1. The van der Waals surface area contributed by atoms with E-state index in [-0.39, 0.29) is 0 Å². The zero-order chi connectivity index (χ0) is 11.3. The number of aryl methyl sites for hydroxylation is 1. The first-order chi connectivity index (χ1) is 7.11.